The number of aromatic nitrogens is 2. The molecule has 0 aliphatic heterocycles. The molecule has 1 aliphatic carbocycles. The molecule has 0 radical (unpaired) electrons. The number of hydrogen-bond acceptors (Lipinski definition) is 5. The first-order valence-electron chi connectivity index (χ1n) is 5.71. The van der Waals surface area contributed by atoms with Gasteiger partial charge in [0.05, 0.1) is 4.88 Å². The summed E-state index contributed by atoms with van der Waals surface area (Å²) in [5.74, 6) is -0.240. The number of ether oxygens (including phenoxy) is 1. The van der Waals surface area contributed by atoms with Crippen LogP contribution in [0, 0.1) is 0 Å². The number of thiophene rings is 1. The molecule has 2 aromatic heterocycles. The highest BCUT2D eigenvalue weighted by molar-refractivity contribution is 7.18. The third-order valence-corrected chi connectivity index (χ3v) is 4.61. The molecule has 1 fully saturated rings. The third-order valence-electron chi connectivity index (χ3n) is 3.19. The Kier molecular flexibility index (Phi) is 2.75. The summed E-state index contributed by atoms with van der Waals surface area (Å²) in [6, 6.07) is 2.00. The van der Waals surface area contributed by atoms with E-state index in [4.69, 9.17) is 16.3 Å². The second kappa shape index (κ2) is 4.17. The summed E-state index contributed by atoms with van der Waals surface area (Å²) >= 11 is 7.30. The Morgan fingerprint density at radius 2 is 2.33 bits per heavy atom. The molecule has 0 N–H and O–H groups in total. The van der Waals surface area contributed by atoms with E-state index in [0.717, 1.165) is 34.4 Å². The van der Waals surface area contributed by atoms with Gasteiger partial charge in [0.15, 0.2) is 0 Å². The SMILES string of the molecule is CC(=O)OC1(c2cc3cnc(Cl)nc3s2)CCC1. The Morgan fingerprint density at radius 1 is 1.56 bits per heavy atom. The van der Waals surface area contributed by atoms with Crippen molar-refractivity contribution in [1.82, 2.24) is 9.97 Å². The van der Waals surface area contributed by atoms with Crippen molar-refractivity contribution in [2.45, 2.75) is 31.8 Å². The lowest BCUT2D eigenvalue weighted by molar-refractivity contribution is -0.168. The van der Waals surface area contributed by atoms with Crippen LogP contribution in [-0.4, -0.2) is 15.9 Å². The first-order chi connectivity index (χ1) is 8.59. The number of nitrogens with zero attached hydrogens (tertiary/aromatic N) is 2. The van der Waals surface area contributed by atoms with Crippen LogP contribution in [0.4, 0.5) is 0 Å². The molecule has 1 aliphatic rings. The van der Waals surface area contributed by atoms with E-state index in [1.165, 1.54) is 18.3 Å². The Balaban J connectivity index is 2.05. The molecular weight excluding hydrogens is 272 g/mol. The molecule has 94 valence electrons. The van der Waals surface area contributed by atoms with Gasteiger partial charge >= 0.3 is 5.97 Å². The molecule has 1 saturated carbocycles. The minimum Gasteiger partial charge on any atom is -0.454 e. The van der Waals surface area contributed by atoms with E-state index in [1.807, 2.05) is 6.07 Å². The normalized spacial score (nSPS) is 17.4. The molecule has 18 heavy (non-hydrogen) atoms. The second-order valence-electron chi connectivity index (χ2n) is 4.45. The lowest BCUT2D eigenvalue weighted by atomic mass is 9.78. The fourth-order valence-corrected chi connectivity index (χ4v) is 3.58. The van der Waals surface area contributed by atoms with Gasteiger partial charge in [-0.2, -0.15) is 0 Å². The van der Waals surface area contributed by atoms with Gasteiger partial charge in [0, 0.05) is 18.5 Å². The summed E-state index contributed by atoms with van der Waals surface area (Å²) in [5, 5.41) is 1.18. The van der Waals surface area contributed by atoms with Crippen molar-refractivity contribution in [2.24, 2.45) is 0 Å². The van der Waals surface area contributed by atoms with Crippen molar-refractivity contribution in [1.29, 1.82) is 0 Å². The summed E-state index contributed by atoms with van der Waals surface area (Å²) in [5.41, 5.74) is -0.441. The third kappa shape index (κ3) is 1.87. The van der Waals surface area contributed by atoms with Crippen LogP contribution in [0.3, 0.4) is 0 Å². The summed E-state index contributed by atoms with van der Waals surface area (Å²) in [6.45, 7) is 1.45. The Labute approximate surface area is 113 Å². The van der Waals surface area contributed by atoms with E-state index < -0.39 is 5.60 Å². The Hall–Kier alpha value is -1.20. The van der Waals surface area contributed by atoms with E-state index in [1.54, 1.807) is 6.20 Å². The number of carbonyl (C=O) groups excluding carboxylic acids is 1. The molecule has 0 aromatic carbocycles. The number of esters is 1. The second-order valence-corrected chi connectivity index (χ2v) is 5.82. The number of fused-ring (bicyclic) bond motifs is 1. The quantitative estimate of drug-likeness (QED) is 0.626. The van der Waals surface area contributed by atoms with E-state index in [9.17, 15) is 4.79 Å². The van der Waals surface area contributed by atoms with Crippen LogP contribution in [0.1, 0.15) is 31.1 Å². The summed E-state index contributed by atoms with van der Waals surface area (Å²) in [6.07, 6.45) is 4.53. The van der Waals surface area contributed by atoms with Gasteiger partial charge in [0.25, 0.3) is 0 Å². The zero-order valence-corrected chi connectivity index (χ0v) is 11.3. The Bertz CT molecular complexity index is 622. The monoisotopic (exact) mass is 282 g/mol. The maximum absolute atomic E-state index is 11.2. The molecule has 0 atom stereocenters. The topological polar surface area (TPSA) is 52.1 Å². The molecule has 2 heterocycles. The smallest absolute Gasteiger partial charge is 0.303 e. The standard InChI is InChI=1S/C12H11ClN2O2S/c1-7(16)17-12(3-2-4-12)9-5-8-6-14-11(13)15-10(8)18-9/h5-6H,2-4H2,1H3. The number of carbonyl (C=O) groups is 1. The zero-order chi connectivity index (χ0) is 12.8. The van der Waals surface area contributed by atoms with Crippen LogP contribution in [0.15, 0.2) is 12.3 Å². The summed E-state index contributed by atoms with van der Waals surface area (Å²) < 4.78 is 5.51. The molecule has 4 nitrogen and oxygen atoms in total. The lowest BCUT2D eigenvalue weighted by Gasteiger charge is -2.39. The van der Waals surface area contributed by atoms with Crippen molar-refractivity contribution in [3.8, 4) is 0 Å². The van der Waals surface area contributed by atoms with Crippen molar-refractivity contribution in [3.63, 3.8) is 0 Å². The minimum absolute atomic E-state index is 0.240. The molecule has 3 rings (SSSR count). The molecule has 2 aromatic rings. The molecule has 0 spiro atoms. The maximum atomic E-state index is 11.2. The highest BCUT2D eigenvalue weighted by Gasteiger charge is 2.43. The summed E-state index contributed by atoms with van der Waals surface area (Å²) in [4.78, 5) is 21.2. The van der Waals surface area contributed by atoms with Gasteiger partial charge in [-0.05, 0) is 36.9 Å². The fraction of sp³-hybridized carbons (Fsp3) is 0.417. The van der Waals surface area contributed by atoms with Gasteiger partial charge in [-0.3, -0.25) is 4.79 Å². The molecule has 6 heteroatoms. The predicted octanol–water partition coefficient (Wildman–Crippen LogP) is 3.29. The van der Waals surface area contributed by atoms with Gasteiger partial charge in [0.1, 0.15) is 10.4 Å². The van der Waals surface area contributed by atoms with Gasteiger partial charge in [-0.15, -0.1) is 11.3 Å². The fourth-order valence-electron chi connectivity index (χ4n) is 2.21. The lowest BCUT2D eigenvalue weighted by Crippen LogP contribution is -2.37. The maximum Gasteiger partial charge on any atom is 0.303 e. The minimum atomic E-state index is -0.441. The van der Waals surface area contributed by atoms with Crippen molar-refractivity contribution in [3.05, 3.63) is 22.4 Å². The van der Waals surface area contributed by atoms with Crippen LogP contribution < -0.4 is 0 Å². The highest BCUT2D eigenvalue weighted by atomic mass is 35.5. The van der Waals surface area contributed by atoms with Crippen LogP contribution in [-0.2, 0) is 15.1 Å². The number of hydrogen-bond donors (Lipinski definition) is 0. The first-order valence-corrected chi connectivity index (χ1v) is 6.91. The van der Waals surface area contributed by atoms with E-state index >= 15 is 0 Å². The zero-order valence-electron chi connectivity index (χ0n) is 9.77. The van der Waals surface area contributed by atoms with Gasteiger partial charge in [-0.1, -0.05) is 0 Å². The number of rotatable bonds is 2. The van der Waals surface area contributed by atoms with Crippen molar-refractivity contribution < 1.29 is 9.53 Å². The van der Waals surface area contributed by atoms with Crippen LogP contribution in [0.5, 0.6) is 0 Å². The summed E-state index contributed by atoms with van der Waals surface area (Å²) in [7, 11) is 0. The largest absolute Gasteiger partial charge is 0.454 e. The molecule has 0 unspecified atom stereocenters. The van der Waals surface area contributed by atoms with Crippen molar-refractivity contribution >= 4 is 39.1 Å². The van der Waals surface area contributed by atoms with Crippen LogP contribution in [0.2, 0.25) is 5.28 Å². The van der Waals surface area contributed by atoms with E-state index in [2.05, 4.69) is 9.97 Å². The van der Waals surface area contributed by atoms with Gasteiger partial charge in [0.2, 0.25) is 5.28 Å². The average molecular weight is 283 g/mol. The predicted molar refractivity (Wildman–Crippen MR) is 69.7 cm³/mol. The molecule has 0 bridgehead atoms. The molecule has 0 amide bonds. The van der Waals surface area contributed by atoms with Crippen LogP contribution in [0.25, 0.3) is 10.2 Å². The van der Waals surface area contributed by atoms with E-state index in [-0.39, 0.29) is 11.3 Å². The number of halogens is 1. The highest BCUT2D eigenvalue weighted by Crippen LogP contribution is 2.48. The molecule has 0 saturated heterocycles. The van der Waals surface area contributed by atoms with Crippen molar-refractivity contribution in [2.75, 3.05) is 0 Å². The average Bonchev–Trinajstić information content (AvgIpc) is 2.65. The van der Waals surface area contributed by atoms with Crippen LogP contribution >= 0.6 is 22.9 Å². The molecular formula is C12H11ClN2O2S. The Morgan fingerprint density at radius 3 is 2.94 bits per heavy atom. The first kappa shape index (κ1) is 11.9. The van der Waals surface area contributed by atoms with Gasteiger partial charge < -0.3 is 4.74 Å². The van der Waals surface area contributed by atoms with E-state index in [0.29, 0.717) is 0 Å². The van der Waals surface area contributed by atoms with Gasteiger partial charge in [-0.25, -0.2) is 9.97 Å².